The fraction of sp³-hybridized carbons (Fsp3) is 0.235. The molecule has 138 valence electrons. The first kappa shape index (κ1) is 18.3. The fourth-order valence-corrected chi connectivity index (χ4v) is 4.12. The van der Waals surface area contributed by atoms with Gasteiger partial charge in [-0.05, 0) is 30.3 Å². The Bertz CT molecular complexity index is 913. The minimum atomic E-state index is -3.82. The summed E-state index contributed by atoms with van der Waals surface area (Å²) in [5, 5.41) is 2.47. The highest BCUT2D eigenvalue weighted by molar-refractivity contribution is 7.89. The molecule has 1 N–H and O–H groups in total. The van der Waals surface area contributed by atoms with Gasteiger partial charge in [0.25, 0.3) is 0 Å². The molecule has 2 aromatic rings. The number of rotatable bonds is 3. The number of sulfonamides is 1. The van der Waals surface area contributed by atoms with Gasteiger partial charge in [-0.1, -0.05) is 18.2 Å². The fourth-order valence-electron chi connectivity index (χ4n) is 2.66. The van der Waals surface area contributed by atoms with Crippen LogP contribution in [0.5, 0.6) is 0 Å². The molecule has 0 atom stereocenters. The first-order chi connectivity index (χ1) is 12.4. The molecule has 26 heavy (non-hydrogen) atoms. The third kappa shape index (κ3) is 3.83. The van der Waals surface area contributed by atoms with Gasteiger partial charge in [0.15, 0.2) is 0 Å². The number of anilines is 1. The van der Waals surface area contributed by atoms with Crippen molar-refractivity contribution in [1.82, 2.24) is 9.21 Å². The van der Waals surface area contributed by atoms with Crippen molar-refractivity contribution in [3.63, 3.8) is 0 Å². The van der Waals surface area contributed by atoms with Gasteiger partial charge in [-0.2, -0.15) is 4.31 Å². The number of piperazine rings is 1. The van der Waals surface area contributed by atoms with Gasteiger partial charge in [-0.3, -0.25) is 0 Å². The minimum Gasteiger partial charge on any atom is -0.322 e. The van der Waals surface area contributed by atoms with Gasteiger partial charge in [-0.15, -0.1) is 0 Å². The third-order valence-electron chi connectivity index (χ3n) is 4.08. The van der Waals surface area contributed by atoms with Crippen molar-refractivity contribution in [3.8, 4) is 0 Å². The van der Waals surface area contributed by atoms with Gasteiger partial charge >= 0.3 is 6.03 Å². The predicted molar refractivity (Wildman–Crippen MR) is 92.2 cm³/mol. The maximum absolute atomic E-state index is 13.6. The second-order valence-electron chi connectivity index (χ2n) is 5.76. The molecule has 0 aromatic heterocycles. The standard InChI is InChI=1S/C17H17F2N3O3S/c18-13-4-3-5-14(12-13)26(24,25)22-10-8-21(9-11-22)17(23)20-16-7-2-1-6-15(16)19/h1-7,12H,8-11H2,(H,20,23). The van der Waals surface area contributed by atoms with E-state index in [9.17, 15) is 22.0 Å². The topological polar surface area (TPSA) is 69.7 Å². The predicted octanol–water partition coefficient (Wildman–Crippen LogP) is 2.50. The number of hydrogen-bond acceptors (Lipinski definition) is 3. The van der Waals surface area contributed by atoms with Crippen LogP contribution in [0.4, 0.5) is 19.3 Å². The minimum absolute atomic E-state index is 0.0623. The Kier molecular flexibility index (Phi) is 5.19. The number of benzene rings is 2. The van der Waals surface area contributed by atoms with E-state index in [0.717, 1.165) is 6.07 Å². The Morgan fingerprint density at radius 2 is 1.65 bits per heavy atom. The molecule has 2 amide bonds. The maximum atomic E-state index is 13.6. The molecular weight excluding hydrogens is 364 g/mol. The quantitative estimate of drug-likeness (QED) is 0.888. The zero-order valence-corrected chi connectivity index (χ0v) is 14.5. The molecule has 1 aliphatic rings. The van der Waals surface area contributed by atoms with Crippen molar-refractivity contribution in [3.05, 3.63) is 60.2 Å². The van der Waals surface area contributed by atoms with Crippen LogP contribution in [-0.2, 0) is 10.0 Å². The number of urea groups is 1. The lowest BCUT2D eigenvalue weighted by atomic mass is 10.3. The third-order valence-corrected chi connectivity index (χ3v) is 5.97. The van der Waals surface area contributed by atoms with E-state index in [4.69, 9.17) is 0 Å². The van der Waals surface area contributed by atoms with Crippen molar-refractivity contribution in [1.29, 1.82) is 0 Å². The summed E-state index contributed by atoms with van der Waals surface area (Å²) in [5.41, 5.74) is 0.0623. The summed E-state index contributed by atoms with van der Waals surface area (Å²) >= 11 is 0. The number of para-hydroxylation sites is 1. The molecule has 2 aromatic carbocycles. The molecule has 0 bridgehead atoms. The van der Waals surface area contributed by atoms with Gasteiger partial charge in [0.05, 0.1) is 10.6 Å². The highest BCUT2D eigenvalue weighted by Gasteiger charge is 2.30. The summed E-state index contributed by atoms with van der Waals surface area (Å²) in [4.78, 5) is 13.5. The molecule has 1 fully saturated rings. The lowest BCUT2D eigenvalue weighted by molar-refractivity contribution is 0.184. The largest absolute Gasteiger partial charge is 0.322 e. The lowest BCUT2D eigenvalue weighted by Crippen LogP contribution is -2.51. The Balaban J connectivity index is 1.64. The van der Waals surface area contributed by atoms with Crippen LogP contribution in [-0.4, -0.2) is 49.8 Å². The van der Waals surface area contributed by atoms with Crippen LogP contribution in [0.2, 0.25) is 0 Å². The number of nitrogens with zero attached hydrogens (tertiary/aromatic N) is 2. The summed E-state index contributed by atoms with van der Waals surface area (Å²) < 4.78 is 53.2. The molecule has 0 aliphatic carbocycles. The zero-order chi connectivity index (χ0) is 18.7. The van der Waals surface area contributed by atoms with Crippen molar-refractivity contribution in [2.75, 3.05) is 31.5 Å². The number of nitrogens with one attached hydrogen (secondary N) is 1. The molecule has 0 spiro atoms. The van der Waals surface area contributed by atoms with Crippen LogP contribution in [0.3, 0.4) is 0 Å². The summed E-state index contributed by atoms with van der Waals surface area (Å²) in [5.74, 6) is -1.18. The number of amides is 2. The second-order valence-corrected chi connectivity index (χ2v) is 7.70. The molecular formula is C17H17F2N3O3S. The summed E-state index contributed by atoms with van der Waals surface area (Å²) in [6, 6.07) is 10.1. The summed E-state index contributed by atoms with van der Waals surface area (Å²) in [6.45, 7) is 0.441. The monoisotopic (exact) mass is 381 g/mol. The highest BCUT2D eigenvalue weighted by Crippen LogP contribution is 2.19. The average Bonchev–Trinajstić information content (AvgIpc) is 2.63. The van der Waals surface area contributed by atoms with E-state index in [1.54, 1.807) is 6.07 Å². The highest BCUT2D eigenvalue weighted by atomic mass is 32.2. The normalized spacial score (nSPS) is 15.7. The van der Waals surface area contributed by atoms with Gasteiger partial charge in [0.2, 0.25) is 10.0 Å². The Labute approximate surface area is 150 Å². The van der Waals surface area contributed by atoms with Crippen molar-refractivity contribution < 1.29 is 22.0 Å². The molecule has 0 saturated carbocycles. The van der Waals surface area contributed by atoms with E-state index >= 15 is 0 Å². The molecule has 3 rings (SSSR count). The van der Waals surface area contributed by atoms with Crippen molar-refractivity contribution in [2.45, 2.75) is 4.90 Å². The Morgan fingerprint density at radius 3 is 2.31 bits per heavy atom. The second kappa shape index (κ2) is 7.38. The van der Waals surface area contributed by atoms with E-state index in [1.807, 2.05) is 0 Å². The number of carbonyl (C=O) groups excluding carboxylic acids is 1. The molecule has 1 heterocycles. The molecule has 9 heteroatoms. The zero-order valence-electron chi connectivity index (χ0n) is 13.7. The molecule has 1 aliphatic heterocycles. The van der Waals surface area contributed by atoms with Gasteiger partial charge in [0, 0.05) is 26.2 Å². The van der Waals surface area contributed by atoms with E-state index in [2.05, 4.69) is 5.32 Å². The lowest BCUT2D eigenvalue weighted by Gasteiger charge is -2.34. The van der Waals surface area contributed by atoms with Crippen LogP contribution >= 0.6 is 0 Å². The van der Waals surface area contributed by atoms with E-state index in [0.29, 0.717) is 0 Å². The summed E-state index contributed by atoms with van der Waals surface area (Å²) in [7, 11) is -3.82. The SMILES string of the molecule is O=C(Nc1ccccc1F)N1CCN(S(=O)(=O)c2cccc(F)c2)CC1. The van der Waals surface area contributed by atoms with Gasteiger partial charge < -0.3 is 10.2 Å². The average molecular weight is 381 g/mol. The molecule has 6 nitrogen and oxygen atoms in total. The number of halogens is 2. The van der Waals surface area contributed by atoms with Crippen LogP contribution in [0.25, 0.3) is 0 Å². The van der Waals surface area contributed by atoms with E-state index < -0.39 is 27.7 Å². The first-order valence-corrected chi connectivity index (χ1v) is 9.38. The van der Waals surface area contributed by atoms with Gasteiger partial charge in [0.1, 0.15) is 11.6 Å². The molecule has 1 saturated heterocycles. The van der Waals surface area contributed by atoms with Crippen LogP contribution in [0.15, 0.2) is 53.4 Å². The molecule has 0 unspecified atom stereocenters. The van der Waals surface area contributed by atoms with Gasteiger partial charge in [-0.25, -0.2) is 22.0 Å². The Morgan fingerprint density at radius 1 is 0.962 bits per heavy atom. The van der Waals surface area contributed by atoms with Crippen LogP contribution in [0.1, 0.15) is 0 Å². The van der Waals surface area contributed by atoms with Crippen LogP contribution in [0, 0.1) is 11.6 Å². The van der Waals surface area contributed by atoms with Crippen molar-refractivity contribution in [2.24, 2.45) is 0 Å². The number of carbonyl (C=O) groups is 1. The summed E-state index contributed by atoms with van der Waals surface area (Å²) in [6.07, 6.45) is 0. The van der Waals surface area contributed by atoms with E-state index in [1.165, 1.54) is 45.6 Å². The van der Waals surface area contributed by atoms with E-state index in [-0.39, 0.29) is 36.8 Å². The smallest absolute Gasteiger partial charge is 0.322 e. The maximum Gasteiger partial charge on any atom is 0.322 e. The molecule has 0 radical (unpaired) electrons. The van der Waals surface area contributed by atoms with Crippen LogP contribution < -0.4 is 5.32 Å². The first-order valence-electron chi connectivity index (χ1n) is 7.94. The Hall–Kier alpha value is -2.52. The number of hydrogen-bond donors (Lipinski definition) is 1. The van der Waals surface area contributed by atoms with Crippen molar-refractivity contribution >= 4 is 21.7 Å².